The first-order valence-electron chi connectivity index (χ1n) is 13.1. The summed E-state index contributed by atoms with van der Waals surface area (Å²) in [6.07, 6.45) is 14.2. The van der Waals surface area contributed by atoms with E-state index in [1.807, 2.05) is 0 Å². The summed E-state index contributed by atoms with van der Waals surface area (Å²) in [6.45, 7) is 12.5. The molecule has 0 aromatic heterocycles. The minimum atomic E-state index is -0.0757. The third-order valence-electron chi connectivity index (χ3n) is 10.9. The molecule has 0 bridgehead atoms. The molecule has 4 aliphatic carbocycles. The zero-order chi connectivity index (χ0) is 21.0. The van der Waals surface area contributed by atoms with Crippen LogP contribution in [-0.4, -0.2) is 17.3 Å². The minimum absolute atomic E-state index is 0.0757. The van der Waals surface area contributed by atoms with E-state index in [0.717, 1.165) is 54.8 Å². The fraction of sp³-hybridized carbons (Fsp3) is 1.00. The van der Waals surface area contributed by atoms with E-state index in [0.29, 0.717) is 22.8 Å². The Kier molecular flexibility index (Phi) is 6.19. The molecule has 0 amide bonds. The van der Waals surface area contributed by atoms with Crippen LogP contribution in [0.3, 0.4) is 0 Å². The van der Waals surface area contributed by atoms with Gasteiger partial charge in [-0.05, 0) is 104 Å². The highest BCUT2D eigenvalue weighted by molar-refractivity contribution is 5.12. The van der Waals surface area contributed by atoms with Gasteiger partial charge >= 0.3 is 0 Å². The van der Waals surface area contributed by atoms with E-state index in [2.05, 4.69) is 34.6 Å². The first-order chi connectivity index (χ1) is 13.7. The molecule has 0 aromatic rings. The van der Waals surface area contributed by atoms with Crippen molar-refractivity contribution in [1.82, 2.24) is 0 Å². The van der Waals surface area contributed by atoms with Crippen LogP contribution in [-0.2, 0) is 0 Å². The molecule has 0 heterocycles. The van der Waals surface area contributed by atoms with Crippen molar-refractivity contribution in [3.05, 3.63) is 0 Å². The third kappa shape index (κ3) is 3.73. The van der Waals surface area contributed by atoms with Gasteiger partial charge < -0.3 is 10.8 Å². The molecule has 4 rings (SSSR count). The van der Waals surface area contributed by atoms with Crippen molar-refractivity contribution in [3.8, 4) is 0 Å². The zero-order valence-electron chi connectivity index (χ0n) is 20.0. The fourth-order valence-electron chi connectivity index (χ4n) is 9.32. The minimum Gasteiger partial charge on any atom is -0.393 e. The molecular formula is C27H49NO. The van der Waals surface area contributed by atoms with E-state index in [4.69, 9.17) is 5.73 Å². The molecule has 0 radical (unpaired) electrons. The van der Waals surface area contributed by atoms with E-state index < -0.39 is 0 Å². The molecule has 29 heavy (non-hydrogen) atoms. The van der Waals surface area contributed by atoms with Crippen LogP contribution in [0.25, 0.3) is 0 Å². The highest BCUT2D eigenvalue weighted by Crippen LogP contribution is 2.68. The Morgan fingerprint density at radius 3 is 2.31 bits per heavy atom. The maximum atomic E-state index is 10.3. The first kappa shape index (κ1) is 22.1. The second kappa shape index (κ2) is 8.12. The Bertz CT molecular complexity index is 575. The SMILES string of the molecule is CC(C)CCC[C@@H](C)C1CCC2C3C(CC[C@@]21C)[C@@]1(C)CC[C@H](O)CC1C[C@@H]3N. The number of aliphatic hydroxyl groups is 1. The highest BCUT2D eigenvalue weighted by Gasteiger charge is 2.62. The van der Waals surface area contributed by atoms with Gasteiger partial charge in [0.25, 0.3) is 0 Å². The van der Waals surface area contributed by atoms with Gasteiger partial charge in [-0.1, -0.05) is 53.9 Å². The van der Waals surface area contributed by atoms with Crippen LogP contribution in [0.5, 0.6) is 0 Å². The van der Waals surface area contributed by atoms with E-state index in [-0.39, 0.29) is 6.10 Å². The quantitative estimate of drug-likeness (QED) is 0.557. The van der Waals surface area contributed by atoms with Crippen molar-refractivity contribution >= 4 is 0 Å². The van der Waals surface area contributed by atoms with Crippen molar-refractivity contribution in [1.29, 1.82) is 0 Å². The van der Waals surface area contributed by atoms with Crippen molar-refractivity contribution in [2.45, 2.75) is 117 Å². The van der Waals surface area contributed by atoms with Gasteiger partial charge in [-0.3, -0.25) is 0 Å². The Morgan fingerprint density at radius 1 is 0.897 bits per heavy atom. The summed E-state index contributed by atoms with van der Waals surface area (Å²) < 4.78 is 0. The van der Waals surface area contributed by atoms with Gasteiger partial charge in [0.2, 0.25) is 0 Å². The third-order valence-corrected chi connectivity index (χ3v) is 10.9. The monoisotopic (exact) mass is 403 g/mol. The molecule has 0 spiro atoms. The summed E-state index contributed by atoms with van der Waals surface area (Å²) in [7, 11) is 0. The summed E-state index contributed by atoms with van der Waals surface area (Å²) in [4.78, 5) is 0. The molecule has 0 aliphatic heterocycles. The predicted molar refractivity (Wildman–Crippen MR) is 122 cm³/mol. The smallest absolute Gasteiger partial charge is 0.0543 e. The van der Waals surface area contributed by atoms with Crippen LogP contribution in [0.1, 0.15) is 105 Å². The van der Waals surface area contributed by atoms with Crippen molar-refractivity contribution in [3.63, 3.8) is 0 Å². The van der Waals surface area contributed by atoms with E-state index in [1.54, 1.807) is 0 Å². The van der Waals surface area contributed by atoms with Gasteiger partial charge in [-0.2, -0.15) is 0 Å². The van der Waals surface area contributed by atoms with Gasteiger partial charge in [0.15, 0.2) is 0 Å². The lowest BCUT2D eigenvalue weighted by Crippen LogP contribution is -2.60. The summed E-state index contributed by atoms with van der Waals surface area (Å²) in [5, 5.41) is 10.3. The van der Waals surface area contributed by atoms with Crippen molar-refractivity contribution in [2.24, 2.45) is 58.0 Å². The van der Waals surface area contributed by atoms with E-state index in [9.17, 15) is 5.11 Å². The molecule has 4 aliphatic rings. The topological polar surface area (TPSA) is 46.2 Å². The molecular weight excluding hydrogens is 354 g/mol. The lowest BCUT2D eigenvalue weighted by atomic mass is 9.43. The predicted octanol–water partition coefficient (Wildman–Crippen LogP) is 6.41. The van der Waals surface area contributed by atoms with Gasteiger partial charge in [0.1, 0.15) is 0 Å². The van der Waals surface area contributed by atoms with Gasteiger partial charge in [0, 0.05) is 6.04 Å². The average Bonchev–Trinajstić information content (AvgIpc) is 3.00. The van der Waals surface area contributed by atoms with Gasteiger partial charge in [-0.15, -0.1) is 0 Å². The van der Waals surface area contributed by atoms with Crippen LogP contribution in [0.2, 0.25) is 0 Å². The number of hydrogen-bond acceptors (Lipinski definition) is 2. The molecule has 0 saturated heterocycles. The molecule has 4 saturated carbocycles. The van der Waals surface area contributed by atoms with Gasteiger partial charge in [-0.25, -0.2) is 0 Å². The van der Waals surface area contributed by atoms with Crippen molar-refractivity contribution < 1.29 is 5.11 Å². The largest absolute Gasteiger partial charge is 0.393 e. The van der Waals surface area contributed by atoms with Crippen LogP contribution < -0.4 is 5.73 Å². The fourth-order valence-corrected chi connectivity index (χ4v) is 9.32. The summed E-state index contributed by atoms with van der Waals surface area (Å²) >= 11 is 0. The zero-order valence-corrected chi connectivity index (χ0v) is 20.0. The molecule has 3 N–H and O–H groups in total. The van der Waals surface area contributed by atoms with Crippen LogP contribution in [0, 0.1) is 52.3 Å². The van der Waals surface area contributed by atoms with E-state index >= 15 is 0 Å². The lowest BCUT2D eigenvalue weighted by Gasteiger charge is -2.63. The number of hydrogen-bond donors (Lipinski definition) is 2. The summed E-state index contributed by atoms with van der Waals surface area (Å²) in [6, 6.07) is 0.364. The van der Waals surface area contributed by atoms with Crippen LogP contribution in [0.15, 0.2) is 0 Å². The standard InChI is InChI=1S/C27H49NO/c1-17(2)7-6-8-18(3)21-9-10-22-25-23(12-14-27(21,22)5)26(4)13-11-20(29)15-19(26)16-24(25)28/h17-25,29H,6-16,28H2,1-5H3/t18-,19?,20+,21?,22?,23?,24+,25?,26+,27-/m1/s1. The van der Waals surface area contributed by atoms with Crippen LogP contribution in [0.4, 0.5) is 0 Å². The lowest BCUT2D eigenvalue weighted by molar-refractivity contribution is -0.136. The number of fused-ring (bicyclic) bond motifs is 5. The average molecular weight is 404 g/mol. The van der Waals surface area contributed by atoms with E-state index in [1.165, 1.54) is 51.4 Å². The molecule has 4 fully saturated rings. The normalized spacial score (nSPS) is 50.7. The first-order valence-corrected chi connectivity index (χ1v) is 13.1. The summed E-state index contributed by atoms with van der Waals surface area (Å²) in [5.74, 6) is 5.65. The Morgan fingerprint density at radius 2 is 1.59 bits per heavy atom. The maximum Gasteiger partial charge on any atom is 0.0543 e. The maximum absolute atomic E-state index is 10.3. The molecule has 168 valence electrons. The van der Waals surface area contributed by atoms with Crippen LogP contribution >= 0.6 is 0 Å². The Balaban J connectivity index is 1.50. The Hall–Kier alpha value is -0.0800. The number of nitrogens with two attached hydrogens (primary N) is 1. The number of aliphatic hydroxyl groups excluding tert-OH is 1. The van der Waals surface area contributed by atoms with Crippen molar-refractivity contribution in [2.75, 3.05) is 0 Å². The second-order valence-electron chi connectivity index (χ2n) is 12.9. The molecule has 2 heteroatoms. The number of rotatable bonds is 5. The second-order valence-corrected chi connectivity index (χ2v) is 12.9. The highest BCUT2D eigenvalue weighted by atomic mass is 16.3. The molecule has 2 nitrogen and oxygen atoms in total. The van der Waals surface area contributed by atoms with Gasteiger partial charge in [0.05, 0.1) is 6.10 Å². The summed E-state index contributed by atoms with van der Waals surface area (Å²) in [5.41, 5.74) is 7.92. The molecule has 5 unspecified atom stereocenters. The molecule has 0 aromatic carbocycles. The Labute approximate surface area is 180 Å². The molecule has 10 atom stereocenters.